The van der Waals surface area contributed by atoms with E-state index in [0.29, 0.717) is 13.1 Å². The van der Waals surface area contributed by atoms with Gasteiger partial charge in [0.15, 0.2) is 5.82 Å². The molecule has 8 heteroatoms. The van der Waals surface area contributed by atoms with E-state index in [1.54, 1.807) is 4.90 Å². The Hall–Kier alpha value is -3.55. The van der Waals surface area contributed by atoms with Gasteiger partial charge in [0.25, 0.3) is 0 Å². The number of pyridine rings is 1. The average molecular weight is 491 g/mol. The molecule has 1 aliphatic rings. The van der Waals surface area contributed by atoms with E-state index < -0.39 is 5.60 Å². The third kappa shape index (κ3) is 6.17. The van der Waals surface area contributed by atoms with Crippen molar-refractivity contribution in [3.8, 4) is 11.3 Å². The highest BCUT2D eigenvalue weighted by atomic mass is 16.6. The monoisotopic (exact) mass is 490 g/mol. The number of anilines is 3. The number of carbonyl (C=O) groups is 1. The number of nitrogens with zero attached hydrogens (tertiary/aromatic N) is 5. The van der Waals surface area contributed by atoms with Gasteiger partial charge in [-0.1, -0.05) is 18.2 Å². The first kappa shape index (κ1) is 25.5. The highest BCUT2D eigenvalue weighted by Crippen LogP contribution is 2.27. The maximum absolute atomic E-state index is 12.4. The molecule has 0 saturated carbocycles. The Bertz CT molecular complexity index is 1210. The first-order valence-corrected chi connectivity index (χ1v) is 12.5. The zero-order valence-corrected chi connectivity index (χ0v) is 22.5. The molecule has 0 aliphatic carbocycles. The highest BCUT2D eigenvalue weighted by Gasteiger charge is 2.26. The Kier molecular flexibility index (Phi) is 6.98. The van der Waals surface area contributed by atoms with Crippen molar-refractivity contribution in [2.75, 3.05) is 36.4 Å². The molecule has 36 heavy (non-hydrogen) atoms. The standard InChI is InChI=1S/C28H38N6O2/c1-20-18-25(31-34(20)27(2,3)4)30-24-13-9-12-23(29-24)21-10-8-11-22(19-21)32-14-16-33(17-15-32)26(35)36-28(5,6)7/h8-13,18-19H,14-17H2,1-7H3,(H,29,30,31). The van der Waals surface area contributed by atoms with Gasteiger partial charge in [-0.3, -0.25) is 4.68 Å². The van der Waals surface area contributed by atoms with Gasteiger partial charge < -0.3 is 19.9 Å². The van der Waals surface area contributed by atoms with Gasteiger partial charge in [-0.05, 0) is 72.7 Å². The number of piperazine rings is 1. The van der Waals surface area contributed by atoms with E-state index in [9.17, 15) is 4.79 Å². The summed E-state index contributed by atoms with van der Waals surface area (Å²) in [6.45, 7) is 16.9. The van der Waals surface area contributed by atoms with Crippen LogP contribution in [0.3, 0.4) is 0 Å². The number of benzene rings is 1. The van der Waals surface area contributed by atoms with Crippen LogP contribution in [0.15, 0.2) is 48.5 Å². The summed E-state index contributed by atoms with van der Waals surface area (Å²) >= 11 is 0. The van der Waals surface area contributed by atoms with Crippen LogP contribution in [0.2, 0.25) is 0 Å². The molecule has 1 amide bonds. The molecule has 1 fully saturated rings. The second kappa shape index (κ2) is 9.84. The molecule has 0 spiro atoms. The Morgan fingerprint density at radius 2 is 1.61 bits per heavy atom. The van der Waals surface area contributed by atoms with E-state index in [1.807, 2.05) is 49.7 Å². The molecule has 1 aromatic carbocycles. The summed E-state index contributed by atoms with van der Waals surface area (Å²) in [7, 11) is 0. The van der Waals surface area contributed by atoms with Crippen LogP contribution < -0.4 is 10.2 Å². The van der Waals surface area contributed by atoms with Gasteiger partial charge in [-0.2, -0.15) is 5.10 Å². The van der Waals surface area contributed by atoms with Crippen LogP contribution in [0, 0.1) is 6.92 Å². The van der Waals surface area contributed by atoms with Crippen molar-refractivity contribution in [3.05, 3.63) is 54.2 Å². The number of carbonyl (C=O) groups excluding carboxylic acids is 1. The SMILES string of the molecule is Cc1cc(Nc2cccc(-c3cccc(N4CCN(C(=O)OC(C)(C)C)CC4)c3)n2)nn1C(C)(C)C. The molecular weight excluding hydrogens is 452 g/mol. The first-order valence-electron chi connectivity index (χ1n) is 12.5. The third-order valence-corrected chi connectivity index (χ3v) is 5.97. The Morgan fingerprint density at radius 3 is 2.25 bits per heavy atom. The smallest absolute Gasteiger partial charge is 0.410 e. The van der Waals surface area contributed by atoms with E-state index in [1.165, 1.54) is 0 Å². The molecule has 0 bridgehead atoms. The lowest BCUT2D eigenvalue weighted by atomic mass is 10.1. The zero-order chi connectivity index (χ0) is 26.1. The molecule has 1 aliphatic heterocycles. The first-order chi connectivity index (χ1) is 16.9. The number of hydrogen-bond donors (Lipinski definition) is 1. The number of hydrogen-bond acceptors (Lipinski definition) is 6. The maximum Gasteiger partial charge on any atom is 0.410 e. The van der Waals surface area contributed by atoms with E-state index in [-0.39, 0.29) is 11.6 Å². The second-order valence-electron chi connectivity index (χ2n) is 11.3. The molecule has 0 atom stereocenters. The lowest BCUT2D eigenvalue weighted by Gasteiger charge is -2.36. The lowest BCUT2D eigenvalue weighted by molar-refractivity contribution is 0.0240. The van der Waals surface area contributed by atoms with Crippen LogP contribution in [0.4, 0.5) is 22.1 Å². The van der Waals surface area contributed by atoms with Crippen LogP contribution in [-0.4, -0.2) is 57.5 Å². The summed E-state index contributed by atoms with van der Waals surface area (Å²) in [5.74, 6) is 1.53. The molecule has 4 rings (SSSR count). The van der Waals surface area contributed by atoms with Crippen molar-refractivity contribution in [1.29, 1.82) is 0 Å². The highest BCUT2D eigenvalue weighted by molar-refractivity contribution is 5.70. The summed E-state index contributed by atoms with van der Waals surface area (Å²) in [6.07, 6.45) is -0.244. The normalized spacial score (nSPS) is 14.6. The van der Waals surface area contributed by atoms with Crippen molar-refractivity contribution in [2.24, 2.45) is 0 Å². The Labute approximate surface area is 214 Å². The summed E-state index contributed by atoms with van der Waals surface area (Å²) in [5, 5.41) is 8.07. The number of aromatic nitrogens is 3. The lowest BCUT2D eigenvalue weighted by Crippen LogP contribution is -2.50. The van der Waals surface area contributed by atoms with Crippen molar-refractivity contribution in [1.82, 2.24) is 19.7 Å². The van der Waals surface area contributed by atoms with E-state index in [2.05, 4.69) is 62.2 Å². The Balaban J connectivity index is 1.45. The van der Waals surface area contributed by atoms with Crippen LogP contribution in [-0.2, 0) is 10.3 Å². The summed E-state index contributed by atoms with van der Waals surface area (Å²) in [4.78, 5) is 21.3. The summed E-state index contributed by atoms with van der Waals surface area (Å²) < 4.78 is 7.54. The van der Waals surface area contributed by atoms with Gasteiger partial charge in [-0.15, -0.1) is 0 Å². The molecule has 1 saturated heterocycles. The van der Waals surface area contributed by atoms with Crippen molar-refractivity contribution < 1.29 is 9.53 Å². The second-order valence-corrected chi connectivity index (χ2v) is 11.3. The summed E-state index contributed by atoms with van der Waals surface area (Å²) in [5.41, 5.74) is 3.59. The van der Waals surface area contributed by atoms with Crippen LogP contribution in [0.1, 0.15) is 47.2 Å². The molecule has 2 aromatic heterocycles. The van der Waals surface area contributed by atoms with Crippen LogP contribution >= 0.6 is 0 Å². The molecule has 3 aromatic rings. The molecule has 0 radical (unpaired) electrons. The zero-order valence-electron chi connectivity index (χ0n) is 22.5. The minimum atomic E-state index is -0.482. The van der Waals surface area contributed by atoms with Crippen molar-refractivity contribution in [2.45, 2.75) is 59.6 Å². The van der Waals surface area contributed by atoms with Gasteiger partial charge in [-0.25, -0.2) is 9.78 Å². The van der Waals surface area contributed by atoms with Crippen LogP contribution in [0.5, 0.6) is 0 Å². The molecule has 192 valence electrons. The van der Waals surface area contributed by atoms with Gasteiger partial charge in [0.2, 0.25) is 0 Å². The number of nitrogens with one attached hydrogen (secondary N) is 1. The van der Waals surface area contributed by atoms with Gasteiger partial charge in [0.1, 0.15) is 11.4 Å². The molecular formula is C28H38N6O2. The number of aryl methyl sites for hydroxylation is 1. The molecule has 3 heterocycles. The predicted molar refractivity (Wildman–Crippen MR) is 145 cm³/mol. The van der Waals surface area contributed by atoms with Gasteiger partial charge >= 0.3 is 6.09 Å². The molecule has 0 unspecified atom stereocenters. The van der Waals surface area contributed by atoms with Crippen LogP contribution in [0.25, 0.3) is 11.3 Å². The average Bonchev–Trinajstić information content (AvgIpc) is 3.19. The number of rotatable bonds is 4. The van der Waals surface area contributed by atoms with Crippen molar-refractivity contribution >= 4 is 23.4 Å². The van der Waals surface area contributed by atoms with E-state index in [0.717, 1.165) is 47.4 Å². The third-order valence-electron chi connectivity index (χ3n) is 5.97. The number of amides is 1. The predicted octanol–water partition coefficient (Wildman–Crippen LogP) is 5.81. The molecule has 8 nitrogen and oxygen atoms in total. The largest absolute Gasteiger partial charge is 0.444 e. The van der Waals surface area contributed by atoms with E-state index >= 15 is 0 Å². The number of ether oxygens (including phenoxy) is 1. The quantitative estimate of drug-likeness (QED) is 0.497. The summed E-state index contributed by atoms with van der Waals surface area (Å²) in [6, 6.07) is 16.4. The fourth-order valence-corrected chi connectivity index (χ4v) is 4.35. The topological polar surface area (TPSA) is 75.5 Å². The fourth-order valence-electron chi connectivity index (χ4n) is 4.35. The molecule has 1 N–H and O–H groups in total. The van der Waals surface area contributed by atoms with Crippen molar-refractivity contribution in [3.63, 3.8) is 0 Å². The Morgan fingerprint density at radius 1 is 0.917 bits per heavy atom. The minimum absolute atomic E-state index is 0.0852. The van der Waals surface area contributed by atoms with Gasteiger partial charge in [0, 0.05) is 49.2 Å². The van der Waals surface area contributed by atoms with E-state index in [4.69, 9.17) is 14.8 Å². The fraction of sp³-hybridized carbons (Fsp3) is 0.464. The maximum atomic E-state index is 12.4. The van der Waals surface area contributed by atoms with Gasteiger partial charge in [0.05, 0.1) is 11.2 Å². The minimum Gasteiger partial charge on any atom is -0.444 e.